The van der Waals surface area contributed by atoms with Gasteiger partial charge in [-0.1, -0.05) is 29.4 Å². The molecule has 1 N–H and O–H groups in total. The van der Waals surface area contributed by atoms with Crippen LogP contribution in [0.25, 0.3) is 0 Å². The average Bonchev–Trinajstić information content (AvgIpc) is 3.31. The lowest BCUT2D eigenvalue weighted by molar-refractivity contribution is -0.346. The first-order valence-electron chi connectivity index (χ1n) is 8.39. The number of nitrogens with one attached hydrogen (secondary N) is 1. The first-order valence-corrected chi connectivity index (χ1v) is 9.64. The van der Waals surface area contributed by atoms with E-state index < -0.39 is 4.92 Å². The van der Waals surface area contributed by atoms with Crippen molar-refractivity contribution in [3.05, 3.63) is 28.3 Å². The summed E-state index contributed by atoms with van der Waals surface area (Å²) in [7, 11) is 2.99. The second kappa shape index (κ2) is 9.11. The monoisotopic (exact) mass is 426 g/mol. The van der Waals surface area contributed by atoms with Gasteiger partial charge in [0.1, 0.15) is 11.5 Å². The number of anilines is 1. The Hall–Kier alpha value is -2.53. The summed E-state index contributed by atoms with van der Waals surface area (Å²) in [6.45, 7) is 2.17. The minimum atomic E-state index is -0.558. The summed E-state index contributed by atoms with van der Waals surface area (Å²) >= 11 is 7.37. The van der Waals surface area contributed by atoms with Gasteiger partial charge in [-0.3, -0.25) is 9.98 Å². The Balaban J connectivity index is 1.81. The van der Waals surface area contributed by atoms with Gasteiger partial charge in [0.15, 0.2) is 10.2 Å². The normalized spacial score (nSPS) is 19.3. The van der Waals surface area contributed by atoms with E-state index in [-0.39, 0.29) is 16.9 Å². The van der Waals surface area contributed by atoms with Crippen LogP contribution in [0, 0.1) is 10.1 Å². The summed E-state index contributed by atoms with van der Waals surface area (Å²) in [5.41, 5.74) is 3.10. The first kappa shape index (κ1) is 20.2. The van der Waals surface area contributed by atoms with Crippen LogP contribution in [0.1, 0.15) is 0 Å². The lowest BCUT2D eigenvalue weighted by Crippen LogP contribution is -2.41. The van der Waals surface area contributed by atoms with Crippen LogP contribution in [0.4, 0.5) is 5.69 Å². The summed E-state index contributed by atoms with van der Waals surface area (Å²) in [6, 6.07) is 5.15. The lowest BCUT2D eigenvalue weighted by Gasteiger charge is -2.21. The van der Waals surface area contributed by atoms with Crippen LogP contribution in [0.5, 0.6) is 11.5 Å². The fourth-order valence-electron chi connectivity index (χ4n) is 2.84. The Morgan fingerprint density at radius 1 is 1.43 bits per heavy atom. The topological polar surface area (TPSA) is 114 Å². The van der Waals surface area contributed by atoms with E-state index in [9.17, 15) is 10.1 Å². The van der Waals surface area contributed by atoms with Crippen LogP contribution in [0.15, 0.2) is 33.3 Å². The molecule has 0 aromatic heterocycles. The zero-order valence-electron chi connectivity index (χ0n) is 15.3. The van der Waals surface area contributed by atoms with Gasteiger partial charge in [-0.2, -0.15) is 5.43 Å². The van der Waals surface area contributed by atoms with E-state index in [2.05, 4.69) is 20.5 Å². The Morgan fingerprint density at radius 2 is 2.14 bits per heavy atom. The zero-order chi connectivity index (χ0) is 20.1. The molecule has 0 bridgehead atoms. The van der Waals surface area contributed by atoms with Gasteiger partial charge in [-0.05, 0) is 17.1 Å². The number of hydrazone groups is 1. The number of benzene rings is 1. The number of ether oxygens (including phenoxy) is 2. The third kappa shape index (κ3) is 4.47. The number of hydrogen-bond acceptors (Lipinski definition) is 10. The first-order chi connectivity index (χ1) is 13.5. The number of aliphatic imine (C=N–C) groups is 2. The van der Waals surface area contributed by atoms with E-state index in [4.69, 9.17) is 21.1 Å². The Bertz CT molecular complexity index is 824. The smallest absolute Gasteiger partial charge is 0.430 e. The van der Waals surface area contributed by atoms with E-state index >= 15 is 0 Å². The van der Waals surface area contributed by atoms with E-state index in [0.29, 0.717) is 47.9 Å². The van der Waals surface area contributed by atoms with Crippen molar-refractivity contribution in [1.29, 1.82) is 0 Å². The maximum absolute atomic E-state index is 11.7. The van der Waals surface area contributed by atoms with Crippen molar-refractivity contribution < 1.29 is 14.4 Å². The molecule has 0 aliphatic carbocycles. The van der Waals surface area contributed by atoms with Crippen LogP contribution in [-0.4, -0.2) is 71.6 Å². The fraction of sp³-hybridized carbons (Fsp3) is 0.438. The molecule has 2 aliphatic heterocycles. The molecular formula is C16H19ClN6O4S. The SMILES string of the molecule is COc1cccc(OC)c1NN=C(C1=NCCN1CC1CN=C(Cl)S1)[N+](=O)[O-]. The molecule has 1 atom stereocenters. The predicted octanol–water partition coefficient (Wildman–Crippen LogP) is 2.13. The van der Waals surface area contributed by atoms with E-state index in [1.54, 1.807) is 18.2 Å². The number of halogens is 1. The summed E-state index contributed by atoms with van der Waals surface area (Å²) in [4.78, 5) is 21.4. The molecule has 1 aromatic carbocycles. The van der Waals surface area contributed by atoms with Crippen LogP contribution in [0.3, 0.4) is 0 Å². The molecule has 150 valence electrons. The standard InChI is InChI=1S/C16H19ClN6O4S/c1-26-11-4-3-5-12(27-2)13(11)20-21-15(23(24)25)14-18-6-7-22(14)9-10-8-19-16(17)28-10/h3-5,10,20H,6-9H2,1-2H3. The number of rotatable bonds is 7. The number of para-hydroxylation sites is 1. The molecule has 0 amide bonds. The quantitative estimate of drug-likeness (QED) is 0.307. The molecule has 28 heavy (non-hydrogen) atoms. The molecule has 3 rings (SSSR count). The lowest BCUT2D eigenvalue weighted by atomic mass is 10.2. The van der Waals surface area contributed by atoms with Crippen LogP contribution in [0.2, 0.25) is 0 Å². The molecule has 2 heterocycles. The number of nitro groups is 1. The maximum atomic E-state index is 11.7. The highest BCUT2D eigenvalue weighted by molar-refractivity contribution is 8.17. The van der Waals surface area contributed by atoms with Gasteiger partial charge in [-0.15, -0.1) is 0 Å². The molecule has 1 aromatic rings. The van der Waals surface area contributed by atoms with Crippen molar-refractivity contribution in [2.45, 2.75) is 5.25 Å². The van der Waals surface area contributed by atoms with Gasteiger partial charge < -0.3 is 24.5 Å². The number of amidine groups is 2. The Morgan fingerprint density at radius 3 is 2.71 bits per heavy atom. The van der Waals surface area contributed by atoms with Crippen LogP contribution >= 0.6 is 23.4 Å². The highest BCUT2D eigenvalue weighted by Crippen LogP contribution is 2.34. The van der Waals surface area contributed by atoms with Crippen molar-refractivity contribution in [2.75, 3.05) is 45.8 Å². The van der Waals surface area contributed by atoms with Crippen molar-refractivity contribution in [2.24, 2.45) is 15.1 Å². The summed E-state index contributed by atoms with van der Waals surface area (Å²) in [5.74, 6) is 0.755. The predicted molar refractivity (Wildman–Crippen MR) is 111 cm³/mol. The van der Waals surface area contributed by atoms with E-state index in [0.717, 1.165) is 0 Å². The molecule has 0 radical (unpaired) electrons. The van der Waals surface area contributed by atoms with Gasteiger partial charge >= 0.3 is 5.84 Å². The van der Waals surface area contributed by atoms with Crippen molar-refractivity contribution >= 4 is 45.2 Å². The molecule has 10 nitrogen and oxygen atoms in total. The highest BCUT2D eigenvalue weighted by Gasteiger charge is 2.33. The highest BCUT2D eigenvalue weighted by atomic mass is 35.5. The largest absolute Gasteiger partial charge is 0.494 e. The van der Waals surface area contributed by atoms with Crippen LogP contribution in [-0.2, 0) is 0 Å². The third-order valence-electron chi connectivity index (χ3n) is 4.11. The molecule has 1 unspecified atom stereocenters. The maximum Gasteiger partial charge on any atom is 0.430 e. The van der Waals surface area contributed by atoms with Crippen molar-refractivity contribution in [3.8, 4) is 11.5 Å². The minimum absolute atomic E-state index is 0.131. The average molecular weight is 427 g/mol. The van der Waals surface area contributed by atoms with Crippen molar-refractivity contribution in [3.63, 3.8) is 0 Å². The molecule has 2 aliphatic rings. The van der Waals surface area contributed by atoms with Gasteiger partial charge in [-0.25, -0.2) is 0 Å². The molecule has 0 saturated heterocycles. The second-order valence-electron chi connectivity index (χ2n) is 5.83. The second-order valence-corrected chi connectivity index (χ2v) is 7.70. The van der Waals surface area contributed by atoms with E-state index in [1.165, 1.54) is 26.0 Å². The van der Waals surface area contributed by atoms with Gasteiger partial charge in [0, 0.05) is 18.3 Å². The minimum Gasteiger partial charge on any atom is -0.494 e. The molecule has 0 saturated carbocycles. The molecular weight excluding hydrogens is 408 g/mol. The molecule has 0 spiro atoms. The fourth-order valence-corrected chi connectivity index (χ4v) is 4.12. The number of methoxy groups -OCH3 is 2. The van der Waals surface area contributed by atoms with Gasteiger partial charge in [0.2, 0.25) is 5.84 Å². The summed E-state index contributed by atoms with van der Waals surface area (Å²) in [6.07, 6.45) is 0. The molecule has 12 heteroatoms. The number of thioether (sulfide) groups is 1. The number of hydrogen-bond donors (Lipinski definition) is 1. The Kier molecular flexibility index (Phi) is 6.57. The Labute approximate surface area is 170 Å². The van der Waals surface area contributed by atoms with Gasteiger partial charge in [0.25, 0.3) is 0 Å². The zero-order valence-corrected chi connectivity index (χ0v) is 16.9. The van der Waals surface area contributed by atoms with Gasteiger partial charge in [0.05, 0.1) is 32.4 Å². The van der Waals surface area contributed by atoms with Crippen LogP contribution < -0.4 is 14.9 Å². The molecule has 0 fully saturated rings. The van der Waals surface area contributed by atoms with E-state index in [1.807, 2.05) is 4.90 Å². The summed E-state index contributed by atoms with van der Waals surface area (Å²) < 4.78 is 11.1. The third-order valence-corrected chi connectivity index (χ3v) is 5.45. The number of nitrogens with zero attached hydrogens (tertiary/aromatic N) is 5. The van der Waals surface area contributed by atoms with Crippen molar-refractivity contribution in [1.82, 2.24) is 4.90 Å². The summed E-state index contributed by atoms with van der Waals surface area (Å²) in [5, 5.41) is 15.8.